The summed E-state index contributed by atoms with van der Waals surface area (Å²) in [7, 11) is 0. The van der Waals surface area contributed by atoms with Crippen molar-refractivity contribution >= 4 is 0 Å². The third kappa shape index (κ3) is 2.66. The molecule has 1 aromatic rings. The van der Waals surface area contributed by atoms with Crippen LogP contribution in [0, 0.1) is 0 Å². The van der Waals surface area contributed by atoms with Crippen LogP contribution in [0.3, 0.4) is 0 Å². The quantitative estimate of drug-likeness (QED) is 0.637. The van der Waals surface area contributed by atoms with Crippen molar-refractivity contribution in [1.82, 2.24) is 0 Å². The maximum absolute atomic E-state index is 5.24. The van der Waals surface area contributed by atoms with Crippen LogP contribution in [0.4, 0.5) is 0 Å². The summed E-state index contributed by atoms with van der Waals surface area (Å²) in [5.41, 5.74) is 0. The fourth-order valence-corrected chi connectivity index (χ4v) is 0.810. The molecule has 0 aromatic heterocycles. The molecule has 1 aromatic carbocycles. The third-order valence-corrected chi connectivity index (χ3v) is 1.28. The Morgan fingerprint density at radius 2 is 2.00 bits per heavy atom. The van der Waals surface area contributed by atoms with E-state index in [0.29, 0.717) is 12.6 Å². The minimum atomic E-state index is 0.337. The van der Waals surface area contributed by atoms with E-state index in [2.05, 4.69) is 6.58 Å². The monoisotopic (exact) mass is 164 g/mol. The molecule has 0 atom stereocenters. The van der Waals surface area contributed by atoms with Crippen molar-refractivity contribution in [2.45, 2.75) is 6.92 Å². The predicted octanol–water partition coefficient (Wildman–Crippen LogP) is 2.57. The Labute approximate surface area is 72.4 Å². The smallest absolute Gasteiger partial charge is 0.277 e. The predicted molar refractivity (Wildman–Crippen MR) is 47.8 cm³/mol. The van der Waals surface area contributed by atoms with Gasteiger partial charge in [0, 0.05) is 0 Å². The minimum absolute atomic E-state index is 0.337. The van der Waals surface area contributed by atoms with Crippen molar-refractivity contribution in [3.05, 3.63) is 42.9 Å². The highest BCUT2D eigenvalue weighted by molar-refractivity contribution is 5.22. The molecule has 1 rings (SSSR count). The van der Waals surface area contributed by atoms with Crippen LogP contribution in [0.2, 0.25) is 0 Å². The molecule has 0 amide bonds. The van der Waals surface area contributed by atoms with Crippen LogP contribution in [-0.4, -0.2) is 6.61 Å². The van der Waals surface area contributed by atoms with E-state index in [-0.39, 0.29) is 0 Å². The summed E-state index contributed by atoms with van der Waals surface area (Å²) in [6.45, 7) is 6.06. The Balaban J connectivity index is 2.47. The molecule has 0 heterocycles. The van der Waals surface area contributed by atoms with Gasteiger partial charge in [-0.05, 0) is 25.6 Å². The van der Waals surface area contributed by atoms with E-state index < -0.39 is 0 Å². The normalized spacial score (nSPS) is 9.08. The average Bonchev–Trinajstić information content (AvgIpc) is 2.06. The van der Waals surface area contributed by atoms with Crippen LogP contribution in [0.15, 0.2) is 42.9 Å². The summed E-state index contributed by atoms with van der Waals surface area (Å²) in [6.07, 6.45) is 0. The van der Waals surface area contributed by atoms with Crippen LogP contribution in [0.25, 0.3) is 0 Å². The topological polar surface area (TPSA) is 18.5 Å². The molecule has 0 bridgehead atoms. The fraction of sp³-hybridized carbons (Fsp3) is 0.200. The SMILES string of the molecule is C=C(OCC)Oc1ccccc1. The lowest BCUT2D eigenvalue weighted by atomic mass is 10.3. The van der Waals surface area contributed by atoms with E-state index >= 15 is 0 Å². The van der Waals surface area contributed by atoms with E-state index in [4.69, 9.17) is 9.47 Å². The summed E-state index contributed by atoms with van der Waals surface area (Å²) in [4.78, 5) is 0. The lowest BCUT2D eigenvalue weighted by molar-refractivity contribution is 0.118. The van der Waals surface area contributed by atoms with Crippen LogP contribution < -0.4 is 4.74 Å². The van der Waals surface area contributed by atoms with Gasteiger partial charge in [0.05, 0.1) is 6.61 Å². The van der Waals surface area contributed by atoms with Gasteiger partial charge in [-0.25, -0.2) is 0 Å². The van der Waals surface area contributed by atoms with Crippen molar-refractivity contribution in [2.75, 3.05) is 6.61 Å². The van der Waals surface area contributed by atoms with Crippen LogP contribution >= 0.6 is 0 Å². The second-order valence-electron chi connectivity index (χ2n) is 2.22. The Hall–Kier alpha value is -1.44. The molecular weight excluding hydrogens is 152 g/mol. The van der Waals surface area contributed by atoms with Gasteiger partial charge in [-0.15, -0.1) is 0 Å². The fourth-order valence-electron chi connectivity index (χ4n) is 0.810. The van der Waals surface area contributed by atoms with Gasteiger partial charge in [-0.1, -0.05) is 18.2 Å². The van der Waals surface area contributed by atoms with Crippen LogP contribution in [-0.2, 0) is 4.74 Å². The number of para-hydroxylation sites is 1. The van der Waals surface area contributed by atoms with Gasteiger partial charge in [-0.2, -0.15) is 0 Å². The van der Waals surface area contributed by atoms with Gasteiger partial charge in [0.25, 0.3) is 5.95 Å². The molecule has 0 N–H and O–H groups in total. The molecule has 2 heteroatoms. The molecule has 2 nitrogen and oxygen atoms in total. The Bertz CT molecular complexity index is 241. The number of hydrogen-bond acceptors (Lipinski definition) is 2. The van der Waals surface area contributed by atoms with Gasteiger partial charge < -0.3 is 9.47 Å². The molecule has 0 radical (unpaired) electrons. The lowest BCUT2D eigenvalue weighted by Gasteiger charge is -2.07. The van der Waals surface area contributed by atoms with Crippen LogP contribution in [0.5, 0.6) is 5.75 Å². The molecule has 0 unspecified atom stereocenters. The molecular formula is C10H12O2. The Kier molecular flexibility index (Phi) is 3.20. The lowest BCUT2D eigenvalue weighted by Crippen LogP contribution is -1.98. The number of ether oxygens (including phenoxy) is 2. The average molecular weight is 164 g/mol. The third-order valence-electron chi connectivity index (χ3n) is 1.28. The van der Waals surface area contributed by atoms with Crippen molar-refractivity contribution in [1.29, 1.82) is 0 Å². The summed E-state index contributed by atoms with van der Waals surface area (Å²) in [6, 6.07) is 9.42. The Morgan fingerprint density at radius 1 is 1.33 bits per heavy atom. The molecule has 0 aliphatic heterocycles. The van der Waals surface area contributed by atoms with Crippen molar-refractivity contribution in [2.24, 2.45) is 0 Å². The first-order valence-corrected chi connectivity index (χ1v) is 3.87. The zero-order valence-corrected chi connectivity index (χ0v) is 7.12. The summed E-state index contributed by atoms with van der Waals surface area (Å²) in [5.74, 6) is 1.08. The second kappa shape index (κ2) is 4.44. The van der Waals surface area contributed by atoms with Gasteiger partial charge in [0.1, 0.15) is 5.75 Å². The van der Waals surface area contributed by atoms with E-state index in [1.807, 2.05) is 37.3 Å². The molecule has 64 valence electrons. The zero-order valence-electron chi connectivity index (χ0n) is 7.12. The van der Waals surface area contributed by atoms with Crippen molar-refractivity contribution < 1.29 is 9.47 Å². The standard InChI is InChI=1S/C10H12O2/c1-3-11-9(2)12-10-7-5-4-6-8-10/h4-8H,2-3H2,1H3. The van der Waals surface area contributed by atoms with Gasteiger partial charge in [0.15, 0.2) is 0 Å². The Morgan fingerprint density at radius 3 is 2.58 bits per heavy atom. The van der Waals surface area contributed by atoms with Gasteiger partial charge in [-0.3, -0.25) is 0 Å². The van der Waals surface area contributed by atoms with E-state index in [1.165, 1.54) is 0 Å². The maximum Gasteiger partial charge on any atom is 0.277 e. The van der Waals surface area contributed by atoms with E-state index in [1.54, 1.807) is 0 Å². The maximum atomic E-state index is 5.24. The number of rotatable bonds is 4. The molecule has 12 heavy (non-hydrogen) atoms. The minimum Gasteiger partial charge on any atom is -0.466 e. The highest BCUT2D eigenvalue weighted by Crippen LogP contribution is 2.11. The number of benzene rings is 1. The first kappa shape index (κ1) is 8.65. The summed E-state index contributed by atoms with van der Waals surface area (Å²) < 4.78 is 10.3. The zero-order chi connectivity index (χ0) is 8.81. The van der Waals surface area contributed by atoms with E-state index in [9.17, 15) is 0 Å². The molecule has 0 spiro atoms. The summed E-state index contributed by atoms with van der Waals surface area (Å²) >= 11 is 0. The molecule has 0 saturated heterocycles. The largest absolute Gasteiger partial charge is 0.466 e. The first-order valence-electron chi connectivity index (χ1n) is 3.87. The van der Waals surface area contributed by atoms with Gasteiger partial charge in [0.2, 0.25) is 0 Å². The van der Waals surface area contributed by atoms with Gasteiger partial charge >= 0.3 is 0 Å². The molecule has 0 aliphatic carbocycles. The second-order valence-corrected chi connectivity index (χ2v) is 2.22. The van der Waals surface area contributed by atoms with Crippen molar-refractivity contribution in [3.63, 3.8) is 0 Å². The molecule has 0 aliphatic rings. The summed E-state index contributed by atoms with van der Waals surface area (Å²) in [5, 5.41) is 0. The molecule has 0 fully saturated rings. The number of hydrogen-bond donors (Lipinski definition) is 0. The highest BCUT2D eigenvalue weighted by atomic mass is 16.7. The van der Waals surface area contributed by atoms with Crippen molar-refractivity contribution in [3.8, 4) is 5.75 Å². The van der Waals surface area contributed by atoms with E-state index in [0.717, 1.165) is 5.75 Å². The first-order chi connectivity index (χ1) is 5.83. The molecule has 0 saturated carbocycles. The van der Waals surface area contributed by atoms with Crippen LogP contribution in [0.1, 0.15) is 6.92 Å². The highest BCUT2D eigenvalue weighted by Gasteiger charge is 1.95.